The third kappa shape index (κ3) is 5.12. The summed E-state index contributed by atoms with van der Waals surface area (Å²) < 4.78 is 30.1. The van der Waals surface area contributed by atoms with E-state index in [4.69, 9.17) is 4.74 Å². The van der Waals surface area contributed by atoms with Crippen LogP contribution in [0.2, 0.25) is 0 Å². The molecule has 1 aromatic heterocycles. The molecule has 0 radical (unpaired) electrons. The fourth-order valence-electron chi connectivity index (χ4n) is 2.52. The van der Waals surface area contributed by atoms with Crippen molar-refractivity contribution in [1.29, 1.82) is 0 Å². The van der Waals surface area contributed by atoms with Gasteiger partial charge in [-0.2, -0.15) is 0 Å². The van der Waals surface area contributed by atoms with Crippen LogP contribution in [0.25, 0.3) is 0 Å². The molecule has 1 aromatic rings. The van der Waals surface area contributed by atoms with Crippen molar-refractivity contribution in [3.05, 3.63) is 28.4 Å². The second-order valence-corrected chi connectivity index (χ2v) is 8.96. The minimum Gasteiger partial charge on any atom is -0.444 e. The average molecular weight is 371 g/mol. The van der Waals surface area contributed by atoms with Crippen molar-refractivity contribution in [3.63, 3.8) is 0 Å². The predicted octanol–water partition coefficient (Wildman–Crippen LogP) is 2.02. The monoisotopic (exact) mass is 371 g/mol. The number of hydrogen-bond acceptors (Lipinski definition) is 7. The van der Waals surface area contributed by atoms with Gasteiger partial charge in [-0.15, -0.1) is 0 Å². The number of hydrogen-bond donors (Lipinski definition) is 0. The maximum atomic E-state index is 12.4. The van der Waals surface area contributed by atoms with Crippen LogP contribution < -0.4 is 0 Å². The van der Waals surface area contributed by atoms with E-state index in [1.807, 2.05) is 0 Å². The highest BCUT2D eigenvalue weighted by Gasteiger charge is 2.33. The Hall–Kier alpha value is -2.23. The molecule has 0 bridgehead atoms. The Bertz CT molecular complexity index is 754. The molecule has 10 heteroatoms. The number of ether oxygens (including phenoxy) is 1. The van der Waals surface area contributed by atoms with Crippen molar-refractivity contribution in [2.45, 2.75) is 37.8 Å². The lowest BCUT2D eigenvalue weighted by Gasteiger charge is -2.24. The summed E-state index contributed by atoms with van der Waals surface area (Å²) in [6.45, 7) is 6.03. The third-order valence-corrected chi connectivity index (χ3v) is 5.43. The molecular weight excluding hydrogens is 350 g/mol. The summed E-state index contributed by atoms with van der Waals surface area (Å²) in [6.07, 6.45) is 1.01. The normalized spacial score (nSPS) is 18.2. The summed E-state index contributed by atoms with van der Waals surface area (Å²) in [5.41, 5.74) is -0.875. The van der Waals surface area contributed by atoms with Crippen molar-refractivity contribution in [1.82, 2.24) is 9.88 Å². The van der Waals surface area contributed by atoms with Gasteiger partial charge in [0.15, 0.2) is 14.9 Å². The van der Waals surface area contributed by atoms with Gasteiger partial charge in [0.05, 0.1) is 10.7 Å². The molecule has 1 saturated heterocycles. The van der Waals surface area contributed by atoms with E-state index in [1.165, 1.54) is 4.90 Å². The van der Waals surface area contributed by atoms with Gasteiger partial charge in [-0.3, -0.25) is 10.1 Å². The second-order valence-electron chi connectivity index (χ2n) is 6.97. The smallest absolute Gasteiger partial charge is 0.410 e. The minimum absolute atomic E-state index is 0.170. The zero-order valence-corrected chi connectivity index (χ0v) is 15.2. The molecule has 1 aliphatic rings. The van der Waals surface area contributed by atoms with Gasteiger partial charge in [-0.1, -0.05) is 0 Å². The van der Waals surface area contributed by atoms with Gasteiger partial charge in [0.2, 0.25) is 0 Å². The Morgan fingerprint density at radius 3 is 2.64 bits per heavy atom. The summed E-state index contributed by atoms with van der Waals surface area (Å²) in [5, 5.41) is 10.4. The van der Waals surface area contributed by atoms with Crippen LogP contribution in [0.4, 0.5) is 10.5 Å². The topological polar surface area (TPSA) is 120 Å². The molecule has 1 aliphatic heterocycles. The molecule has 1 atom stereocenters. The van der Waals surface area contributed by atoms with E-state index in [0.29, 0.717) is 19.5 Å². The maximum absolute atomic E-state index is 12.4. The number of nitro groups is 1. The molecule has 138 valence electrons. The summed E-state index contributed by atoms with van der Waals surface area (Å²) >= 11 is 0. The quantitative estimate of drug-likeness (QED) is 0.586. The van der Waals surface area contributed by atoms with Gasteiger partial charge in [-0.05, 0) is 39.2 Å². The lowest BCUT2D eigenvalue weighted by atomic mass is 10.2. The van der Waals surface area contributed by atoms with Gasteiger partial charge in [0.25, 0.3) is 5.69 Å². The molecule has 2 heterocycles. The Labute approximate surface area is 146 Å². The van der Waals surface area contributed by atoms with E-state index in [2.05, 4.69) is 4.98 Å². The average Bonchev–Trinajstić information content (AvgIpc) is 2.93. The molecule has 0 unspecified atom stereocenters. The number of rotatable bonds is 4. The van der Waals surface area contributed by atoms with Gasteiger partial charge in [0.1, 0.15) is 11.8 Å². The SMILES string of the molecule is CC(C)(C)OC(=O)N1CC[C@@H](CS(=O)(=O)c2ccc([N+](=O)[O-])cn2)C1. The number of pyridine rings is 1. The Balaban J connectivity index is 2.00. The number of carbonyl (C=O) groups is 1. The van der Waals surface area contributed by atoms with E-state index < -0.39 is 26.5 Å². The van der Waals surface area contributed by atoms with Crippen molar-refractivity contribution in [3.8, 4) is 0 Å². The Morgan fingerprint density at radius 2 is 2.12 bits per heavy atom. The van der Waals surface area contributed by atoms with Crippen molar-refractivity contribution >= 4 is 21.6 Å². The van der Waals surface area contributed by atoms with Crippen molar-refractivity contribution in [2.24, 2.45) is 5.92 Å². The number of carbonyl (C=O) groups excluding carboxylic acids is 1. The number of nitrogens with zero attached hydrogens (tertiary/aromatic N) is 3. The molecule has 2 rings (SSSR count). The first-order valence-corrected chi connectivity index (χ1v) is 9.44. The lowest BCUT2D eigenvalue weighted by molar-refractivity contribution is -0.385. The van der Waals surface area contributed by atoms with E-state index >= 15 is 0 Å². The van der Waals surface area contributed by atoms with E-state index in [9.17, 15) is 23.3 Å². The summed E-state index contributed by atoms with van der Waals surface area (Å²) in [5.74, 6) is -0.397. The minimum atomic E-state index is -3.68. The molecule has 0 saturated carbocycles. The van der Waals surface area contributed by atoms with Gasteiger partial charge < -0.3 is 9.64 Å². The highest BCUT2D eigenvalue weighted by atomic mass is 32.2. The lowest BCUT2D eigenvalue weighted by Crippen LogP contribution is -2.35. The summed E-state index contributed by atoms with van der Waals surface area (Å²) in [4.78, 5) is 27.2. The largest absolute Gasteiger partial charge is 0.444 e. The van der Waals surface area contributed by atoms with E-state index in [1.54, 1.807) is 20.8 Å². The number of likely N-dealkylation sites (tertiary alicyclic amines) is 1. The number of amides is 1. The third-order valence-electron chi connectivity index (χ3n) is 3.64. The molecule has 0 aliphatic carbocycles. The number of sulfone groups is 1. The molecule has 0 aromatic carbocycles. The van der Waals surface area contributed by atoms with Gasteiger partial charge in [-0.25, -0.2) is 18.2 Å². The van der Waals surface area contributed by atoms with Crippen LogP contribution in [0.3, 0.4) is 0 Å². The Kier molecular flexibility index (Phi) is 5.31. The first-order chi connectivity index (χ1) is 11.5. The van der Waals surface area contributed by atoms with E-state index in [-0.39, 0.29) is 22.4 Å². The highest BCUT2D eigenvalue weighted by molar-refractivity contribution is 7.91. The summed E-state index contributed by atoms with van der Waals surface area (Å²) in [6, 6.07) is 2.25. The molecule has 25 heavy (non-hydrogen) atoms. The van der Waals surface area contributed by atoms with Crippen LogP contribution in [0.1, 0.15) is 27.2 Å². The molecule has 1 fully saturated rings. The molecule has 1 amide bonds. The summed E-state index contributed by atoms with van der Waals surface area (Å²) in [7, 11) is -3.68. The van der Waals surface area contributed by atoms with Gasteiger partial charge >= 0.3 is 6.09 Å². The van der Waals surface area contributed by atoms with Crippen molar-refractivity contribution < 1.29 is 22.9 Å². The standard InChI is InChI=1S/C15H21N3O6S/c1-15(2,3)24-14(19)17-7-6-11(9-17)10-25(22,23)13-5-4-12(8-16-13)18(20)21/h4-5,8,11H,6-7,9-10H2,1-3H3/t11-/m1/s1. The predicted molar refractivity (Wildman–Crippen MR) is 88.9 cm³/mol. The molecular formula is C15H21N3O6S. The number of aromatic nitrogens is 1. The van der Waals surface area contributed by atoms with Crippen LogP contribution in [0.5, 0.6) is 0 Å². The van der Waals surface area contributed by atoms with Crippen LogP contribution in [-0.2, 0) is 14.6 Å². The maximum Gasteiger partial charge on any atom is 0.410 e. The molecule has 0 N–H and O–H groups in total. The van der Waals surface area contributed by atoms with E-state index in [0.717, 1.165) is 18.3 Å². The van der Waals surface area contributed by atoms with Crippen LogP contribution in [0.15, 0.2) is 23.4 Å². The van der Waals surface area contributed by atoms with Crippen LogP contribution in [-0.4, -0.2) is 53.8 Å². The fraction of sp³-hybridized carbons (Fsp3) is 0.600. The van der Waals surface area contributed by atoms with Gasteiger partial charge in [0, 0.05) is 19.2 Å². The molecule has 0 spiro atoms. The highest BCUT2D eigenvalue weighted by Crippen LogP contribution is 2.23. The fourth-order valence-corrected chi connectivity index (χ4v) is 4.07. The first-order valence-electron chi connectivity index (χ1n) is 7.79. The second kappa shape index (κ2) is 6.95. The van der Waals surface area contributed by atoms with Crippen LogP contribution in [0, 0.1) is 16.0 Å². The first kappa shape index (κ1) is 19.1. The zero-order chi connectivity index (χ0) is 18.8. The Morgan fingerprint density at radius 1 is 1.44 bits per heavy atom. The van der Waals surface area contributed by atoms with Crippen molar-refractivity contribution in [2.75, 3.05) is 18.8 Å². The molecule has 9 nitrogen and oxygen atoms in total. The van der Waals surface area contributed by atoms with Crippen LogP contribution >= 0.6 is 0 Å². The zero-order valence-electron chi connectivity index (χ0n) is 14.3.